The van der Waals surface area contributed by atoms with Crippen LogP contribution < -0.4 is 4.90 Å². The molecule has 0 bridgehead atoms. The lowest BCUT2D eigenvalue weighted by Gasteiger charge is -2.18. The molecule has 0 radical (unpaired) electrons. The molecule has 1 fully saturated rings. The Balaban J connectivity index is 2.14. The Morgan fingerprint density at radius 2 is 2.47 bits per heavy atom. The van der Waals surface area contributed by atoms with E-state index in [4.69, 9.17) is 5.11 Å². The van der Waals surface area contributed by atoms with Crippen molar-refractivity contribution in [3.8, 4) is 0 Å². The molecule has 80 valence electrons. The van der Waals surface area contributed by atoms with Gasteiger partial charge in [-0.3, -0.25) is 9.78 Å². The van der Waals surface area contributed by atoms with Crippen molar-refractivity contribution in [1.29, 1.82) is 0 Å². The summed E-state index contributed by atoms with van der Waals surface area (Å²) in [5.74, 6) is -0.951. The van der Waals surface area contributed by atoms with E-state index < -0.39 is 5.97 Å². The van der Waals surface area contributed by atoms with E-state index >= 15 is 0 Å². The first-order chi connectivity index (χ1) is 7.18. The monoisotopic (exact) mass is 270 g/mol. The number of aliphatic carboxylic acids is 1. The predicted octanol–water partition coefficient (Wildman–Crippen LogP) is 1.75. The molecule has 4 nitrogen and oxygen atoms in total. The van der Waals surface area contributed by atoms with Gasteiger partial charge >= 0.3 is 5.97 Å². The van der Waals surface area contributed by atoms with Crippen molar-refractivity contribution in [2.75, 3.05) is 18.0 Å². The quantitative estimate of drug-likeness (QED) is 0.890. The Hall–Kier alpha value is -1.10. The molecule has 0 aromatic carbocycles. The molecule has 1 atom stereocenters. The van der Waals surface area contributed by atoms with E-state index in [1.807, 2.05) is 6.07 Å². The third-order valence-corrected chi connectivity index (χ3v) is 3.24. The van der Waals surface area contributed by atoms with Crippen LogP contribution in [0, 0.1) is 5.92 Å². The molecule has 1 saturated heterocycles. The number of carboxylic acid groups (broad SMARTS) is 1. The average Bonchev–Trinajstić information content (AvgIpc) is 2.67. The molecule has 1 N–H and O–H groups in total. The number of nitrogens with zero attached hydrogens (tertiary/aromatic N) is 2. The molecule has 0 aliphatic carbocycles. The van der Waals surface area contributed by atoms with Crippen LogP contribution in [0.2, 0.25) is 0 Å². The van der Waals surface area contributed by atoms with Crippen LogP contribution in [0.3, 0.4) is 0 Å². The number of carboxylic acids is 1. The first kappa shape index (κ1) is 10.4. The molecule has 1 aliphatic rings. The van der Waals surface area contributed by atoms with Crippen molar-refractivity contribution in [3.63, 3.8) is 0 Å². The molecule has 2 heterocycles. The molecular weight excluding hydrogens is 260 g/mol. The molecule has 2 rings (SSSR count). The number of hydrogen-bond donors (Lipinski definition) is 1. The lowest BCUT2D eigenvalue weighted by atomic mass is 10.1. The Bertz CT molecular complexity index is 383. The molecule has 1 aromatic heterocycles. The van der Waals surface area contributed by atoms with E-state index in [0.717, 1.165) is 16.7 Å². The van der Waals surface area contributed by atoms with Crippen LogP contribution in [-0.4, -0.2) is 29.1 Å². The van der Waals surface area contributed by atoms with Gasteiger partial charge in [0.25, 0.3) is 0 Å². The molecule has 15 heavy (non-hydrogen) atoms. The number of carbonyl (C=O) groups is 1. The minimum absolute atomic E-state index is 0.245. The van der Waals surface area contributed by atoms with Gasteiger partial charge < -0.3 is 10.0 Å². The summed E-state index contributed by atoms with van der Waals surface area (Å²) in [6.07, 6.45) is 4.15. The van der Waals surface area contributed by atoms with Gasteiger partial charge in [0.15, 0.2) is 0 Å². The predicted molar refractivity (Wildman–Crippen MR) is 59.9 cm³/mol. The molecule has 5 heteroatoms. The largest absolute Gasteiger partial charge is 0.481 e. The highest BCUT2D eigenvalue weighted by molar-refractivity contribution is 9.10. The smallest absolute Gasteiger partial charge is 0.308 e. The van der Waals surface area contributed by atoms with Crippen molar-refractivity contribution in [3.05, 3.63) is 22.9 Å². The lowest BCUT2D eigenvalue weighted by molar-refractivity contribution is -0.140. The molecule has 0 spiro atoms. The summed E-state index contributed by atoms with van der Waals surface area (Å²) in [4.78, 5) is 16.9. The van der Waals surface area contributed by atoms with E-state index in [0.29, 0.717) is 13.0 Å². The van der Waals surface area contributed by atoms with Crippen LogP contribution in [0.1, 0.15) is 6.42 Å². The van der Waals surface area contributed by atoms with Crippen LogP contribution in [0.4, 0.5) is 5.69 Å². The number of pyridine rings is 1. The topological polar surface area (TPSA) is 53.4 Å². The minimum Gasteiger partial charge on any atom is -0.481 e. The second kappa shape index (κ2) is 4.18. The van der Waals surface area contributed by atoms with Gasteiger partial charge in [-0.25, -0.2) is 0 Å². The fourth-order valence-electron chi connectivity index (χ4n) is 1.80. The van der Waals surface area contributed by atoms with E-state index in [2.05, 4.69) is 25.8 Å². The van der Waals surface area contributed by atoms with Crippen LogP contribution in [0.15, 0.2) is 22.9 Å². The first-order valence-electron chi connectivity index (χ1n) is 4.76. The Kier molecular flexibility index (Phi) is 2.90. The summed E-state index contributed by atoms with van der Waals surface area (Å²) >= 11 is 3.41. The maximum atomic E-state index is 10.8. The van der Waals surface area contributed by atoms with Gasteiger partial charge in [-0.1, -0.05) is 0 Å². The third kappa shape index (κ3) is 2.12. The lowest BCUT2D eigenvalue weighted by Crippen LogP contribution is -2.22. The molecule has 0 saturated carbocycles. The van der Waals surface area contributed by atoms with Gasteiger partial charge in [-0.05, 0) is 28.4 Å². The van der Waals surface area contributed by atoms with Crippen LogP contribution in [-0.2, 0) is 4.79 Å². The van der Waals surface area contributed by atoms with Crippen molar-refractivity contribution in [2.45, 2.75) is 6.42 Å². The maximum absolute atomic E-state index is 10.8. The van der Waals surface area contributed by atoms with E-state index in [-0.39, 0.29) is 5.92 Å². The van der Waals surface area contributed by atoms with Gasteiger partial charge in [0, 0.05) is 25.5 Å². The molecular formula is C10H11BrN2O2. The number of rotatable bonds is 2. The highest BCUT2D eigenvalue weighted by atomic mass is 79.9. The Morgan fingerprint density at radius 1 is 1.67 bits per heavy atom. The van der Waals surface area contributed by atoms with Gasteiger partial charge in [0.05, 0.1) is 16.1 Å². The van der Waals surface area contributed by atoms with Gasteiger partial charge in [0.2, 0.25) is 0 Å². The zero-order valence-electron chi connectivity index (χ0n) is 8.06. The normalized spacial score (nSPS) is 20.6. The SMILES string of the molecule is O=C(O)C1CCN(c2ccncc2Br)C1. The molecule has 1 aromatic rings. The standard InChI is InChI=1S/C10H11BrN2O2/c11-8-5-12-3-1-9(8)13-4-2-7(6-13)10(14)15/h1,3,5,7H,2,4,6H2,(H,14,15). The first-order valence-corrected chi connectivity index (χ1v) is 5.55. The van der Waals surface area contributed by atoms with E-state index in [9.17, 15) is 4.79 Å². The minimum atomic E-state index is -0.706. The third-order valence-electron chi connectivity index (χ3n) is 2.63. The van der Waals surface area contributed by atoms with E-state index in [1.54, 1.807) is 12.4 Å². The molecule has 1 unspecified atom stereocenters. The number of halogens is 1. The van der Waals surface area contributed by atoms with Gasteiger partial charge in [-0.15, -0.1) is 0 Å². The zero-order valence-corrected chi connectivity index (χ0v) is 9.64. The van der Waals surface area contributed by atoms with Crippen molar-refractivity contribution >= 4 is 27.6 Å². The van der Waals surface area contributed by atoms with E-state index in [1.165, 1.54) is 0 Å². The van der Waals surface area contributed by atoms with Crippen LogP contribution in [0.25, 0.3) is 0 Å². The second-order valence-electron chi connectivity index (χ2n) is 3.60. The summed E-state index contributed by atoms with van der Waals surface area (Å²) in [5.41, 5.74) is 1.02. The summed E-state index contributed by atoms with van der Waals surface area (Å²) in [6, 6.07) is 1.90. The van der Waals surface area contributed by atoms with Crippen LogP contribution >= 0.6 is 15.9 Å². The Labute approximate surface area is 96.1 Å². The fourth-order valence-corrected chi connectivity index (χ4v) is 2.31. The fraction of sp³-hybridized carbons (Fsp3) is 0.400. The second-order valence-corrected chi connectivity index (χ2v) is 4.45. The molecule has 0 amide bonds. The number of aromatic nitrogens is 1. The number of anilines is 1. The summed E-state index contributed by atoms with van der Waals surface area (Å²) in [7, 11) is 0. The zero-order chi connectivity index (χ0) is 10.8. The maximum Gasteiger partial charge on any atom is 0.308 e. The summed E-state index contributed by atoms with van der Waals surface area (Å²) in [6.45, 7) is 1.37. The highest BCUT2D eigenvalue weighted by Crippen LogP contribution is 2.29. The van der Waals surface area contributed by atoms with Gasteiger partial charge in [0.1, 0.15) is 0 Å². The Morgan fingerprint density at radius 3 is 3.07 bits per heavy atom. The van der Waals surface area contributed by atoms with Crippen LogP contribution in [0.5, 0.6) is 0 Å². The van der Waals surface area contributed by atoms with Crippen molar-refractivity contribution < 1.29 is 9.90 Å². The average molecular weight is 271 g/mol. The summed E-state index contributed by atoms with van der Waals surface area (Å²) in [5, 5.41) is 8.90. The van der Waals surface area contributed by atoms with Crippen molar-refractivity contribution in [2.24, 2.45) is 5.92 Å². The molecule has 1 aliphatic heterocycles. The van der Waals surface area contributed by atoms with Crippen molar-refractivity contribution in [1.82, 2.24) is 4.98 Å². The van der Waals surface area contributed by atoms with Gasteiger partial charge in [-0.2, -0.15) is 0 Å². The number of hydrogen-bond acceptors (Lipinski definition) is 3. The summed E-state index contributed by atoms with van der Waals surface area (Å²) < 4.78 is 0.913. The highest BCUT2D eigenvalue weighted by Gasteiger charge is 2.28.